The number of anilines is 1. The number of likely N-dealkylation sites (N-methyl/N-ethyl adjacent to an activating group) is 1. The molecule has 144 valence electrons. The van der Waals surface area contributed by atoms with Gasteiger partial charge < -0.3 is 9.80 Å². The second-order valence-electron chi connectivity index (χ2n) is 6.56. The number of carbonyl (C=O) groups excluding carboxylic acids is 1. The zero-order chi connectivity index (χ0) is 19.4. The van der Waals surface area contributed by atoms with Gasteiger partial charge in [-0.3, -0.25) is 9.10 Å². The smallest absolute Gasteiger partial charge is 0.264 e. The summed E-state index contributed by atoms with van der Waals surface area (Å²) >= 11 is 0. The molecule has 1 aliphatic heterocycles. The Kier molecular flexibility index (Phi) is 5.82. The summed E-state index contributed by atoms with van der Waals surface area (Å²) in [5.74, 6) is -0.00845. The Morgan fingerprint density at radius 3 is 2.11 bits per heavy atom. The van der Waals surface area contributed by atoms with Crippen LogP contribution in [0.5, 0.6) is 0 Å². The maximum atomic E-state index is 12.7. The first-order chi connectivity index (χ1) is 12.9. The molecule has 1 fully saturated rings. The molecule has 0 bridgehead atoms. The quantitative estimate of drug-likeness (QED) is 0.790. The largest absolute Gasteiger partial charge is 0.336 e. The Labute approximate surface area is 161 Å². The van der Waals surface area contributed by atoms with Crippen LogP contribution in [0.2, 0.25) is 0 Å². The Bertz CT molecular complexity index is 874. The number of rotatable bonds is 5. The van der Waals surface area contributed by atoms with Crippen LogP contribution < -0.4 is 4.31 Å². The van der Waals surface area contributed by atoms with Gasteiger partial charge in [-0.25, -0.2) is 8.42 Å². The molecule has 2 aromatic rings. The predicted octanol–water partition coefficient (Wildman–Crippen LogP) is 2.29. The lowest BCUT2D eigenvalue weighted by Gasteiger charge is -2.34. The van der Waals surface area contributed by atoms with Gasteiger partial charge in [-0.1, -0.05) is 25.1 Å². The highest BCUT2D eigenvalue weighted by Crippen LogP contribution is 2.22. The molecule has 0 radical (unpaired) electrons. The van der Waals surface area contributed by atoms with Crippen molar-refractivity contribution in [2.75, 3.05) is 44.1 Å². The van der Waals surface area contributed by atoms with Crippen molar-refractivity contribution in [3.63, 3.8) is 0 Å². The van der Waals surface area contributed by atoms with Crippen LogP contribution in [0.4, 0.5) is 5.69 Å². The van der Waals surface area contributed by atoms with Crippen LogP contribution in [0.25, 0.3) is 0 Å². The van der Waals surface area contributed by atoms with Crippen LogP contribution in [0, 0.1) is 0 Å². The fourth-order valence-electron chi connectivity index (χ4n) is 3.15. The molecule has 7 heteroatoms. The van der Waals surface area contributed by atoms with E-state index in [4.69, 9.17) is 0 Å². The molecule has 0 unspecified atom stereocenters. The molecule has 0 atom stereocenters. The van der Waals surface area contributed by atoms with E-state index >= 15 is 0 Å². The number of amides is 1. The number of carbonyl (C=O) groups is 1. The SMILES string of the molecule is CCN1CCN(C(=O)c2ccc(N(C)S(=O)(=O)c3ccccc3)cc2)CC1. The minimum Gasteiger partial charge on any atom is -0.336 e. The van der Waals surface area contributed by atoms with Crippen LogP contribution in [0.15, 0.2) is 59.5 Å². The second-order valence-corrected chi connectivity index (χ2v) is 8.53. The van der Waals surface area contributed by atoms with Crippen molar-refractivity contribution < 1.29 is 13.2 Å². The fourth-order valence-corrected chi connectivity index (χ4v) is 4.37. The third-order valence-corrected chi connectivity index (χ3v) is 6.79. The van der Waals surface area contributed by atoms with Crippen LogP contribution in [0.3, 0.4) is 0 Å². The molecule has 0 N–H and O–H groups in total. The molecular formula is C20H25N3O3S. The van der Waals surface area contributed by atoms with Gasteiger partial charge in [0, 0.05) is 38.8 Å². The lowest BCUT2D eigenvalue weighted by Crippen LogP contribution is -2.48. The van der Waals surface area contributed by atoms with Crippen LogP contribution in [0.1, 0.15) is 17.3 Å². The topological polar surface area (TPSA) is 60.9 Å². The number of nitrogens with zero attached hydrogens (tertiary/aromatic N) is 3. The van der Waals surface area contributed by atoms with Gasteiger partial charge >= 0.3 is 0 Å². The molecule has 3 rings (SSSR count). The zero-order valence-electron chi connectivity index (χ0n) is 15.7. The van der Waals surface area contributed by atoms with Crippen molar-refractivity contribution in [1.29, 1.82) is 0 Å². The number of sulfonamides is 1. The van der Waals surface area contributed by atoms with E-state index < -0.39 is 10.0 Å². The summed E-state index contributed by atoms with van der Waals surface area (Å²) < 4.78 is 26.6. The van der Waals surface area contributed by atoms with E-state index in [9.17, 15) is 13.2 Å². The van der Waals surface area contributed by atoms with Crippen LogP contribution in [-0.2, 0) is 10.0 Å². The molecule has 0 spiro atoms. The van der Waals surface area contributed by atoms with Crippen molar-refractivity contribution in [2.24, 2.45) is 0 Å². The highest BCUT2D eigenvalue weighted by Gasteiger charge is 2.23. The standard InChI is InChI=1S/C20H25N3O3S/c1-3-22-13-15-23(16-14-22)20(24)17-9-11-18(12-10-17)21(2)27(25,26)19-7-5-4-6-8-19/h4-12H,3,13-16H2,1-2H3. The molecule has 2 aromatic carbocycles. The molecule has 1 heterocycles. The zero-order valence-corrected chi connectivity index (χ0v) is 16.5. The minimum absolute atomic E-state index is 0.00845. The monoisotopic (exact) mass is 387 g/mol. The van der Waals surface area contributed by atoms with Crippen molar-refractivity contribution in [1.82, 2.24) is 9.80 Å². The highest BCUT2D eigenvalue weighted by atomic mass is 32.2. The van der Waals surface area contributed by atoms with Crippen molar-refractivity contribution in [2.45, 2.75) is 11.8 Å². The summed E-state index contributed by atoms with van der Waals surface area (Å²) in [5.41, 5.74) is 1.10. The third kappa shape index (κ3) is 4.14. The minimum atomic E-state index is -3.62. The molecular weight excluding hydrogens is 362 g/mol. The third-order valence-electron chi connectivity index (χ3n) is 4.99. The second kappa shape index (κ2) is 8.10. The first-order valence-corrected chi connectivity index (χ1v) is 10.5. The van der Waals surface area contributed by atoms with Gasteiger partial charge in [0.25, 0.3) is 15.9 Å². The molecule has 1 saturated heterocycles. The average Bonchev–Trinajstić information content (AvgIpc) is 2.73. The molecule has 27 heavy (non-hydrogen) atoms. The van der Waals surface area contributed by atoms with Crippen LogP contribution >= 0.6 is 0 Å². The predicted molar refractivity (Wildman–Crippen MR) is 106 cm³/mol. The molecule has 0 aromatic heterocycles. The maximum absolute atomic E-state index is 12.7. The van der Waals surface area contributed by atoms with Crippen molar-refractivity contribution >= 4 is 21.6 Å². The van der Waals surface area contributed by atoms with Gasteiger partial charge in [0.15, 0.2) is 0 Å². The van der Waals surface area contributed by atoms with E-state index in [0.29, 0.717) is 11.3 Å². The van der Waals surface area contributed by atoms with Gasteiger partial charge in [-0.15, -0.1) is 0 Å². The summed E-state index contributed by atoms with van der Waals surface area (Å²) in [7, 11) is -2.11. The number of hydrogen-bond donors (Lipinski definition) is 0. The van der Waals surface area contributed by atoms with Gasteiger partial charge in [-0.2, -0.15) is 0 Å². The summed E-state index contributed by atoms with van der Waals surface area (Å²) in [6.45, 7) is 6.33. The van der Waals surface area contributed by atoms with E-state index in [0.717, 1.165) is 32.7 Å². The first-order valence-electron chi connectivity index (χ1n) is 9.09. The molecule has 0 aliphatic carbocycles. The van der Waals surface area contributed by atoms with E-state index in [-0.39, 0.29) is 10.8 Å². The lowest BCUT2D eigenvalue weighted by atomic mass is 10.1. The number of hydrogen-bond acceptors (Lipinski definition) is 4. The summed E-state index contributed by atoms with van der Waals surface area (Å²) in [6, 6.07) is 15.1. The van der Waals surface area contributed by atoms with Gasteiger partial charge in [-0.05, 0) is 42.9 Å². The Hall–Kier alpha value is -2.38. The number of benzene rings is 2. The van der Waals surface area contributed by atoms with Crippen molar-refractivity contribution in [3.05, 3.63) is 60.2 Å². The van der Waals surface area contributed by atoms with E-state index in [1.54, 1.807) is 54.6 Å². The summed E-state index contributed by atoms with van der Waals surface area (Å²) in [6.07, 6.45) is 0. The van der Waals surface area contributed by atoms with Gasteiger partial charge in [0.2, 0.25) is 0 Å². The maximum Gasteiger partial charge on any atom is 0.264 e. The number of piperazine rings is 1. The van der Waals surface area contributed by atoms with Gasteiger partial charge in [0.1, 0.15) is 0 Å². The summed E-state index contributed by atoms with van der Waals surface area (Å²) in [5, 5.41) is 0. The Morgan fingerprint density at radius 2 is 1.56 bits per heavy atom. The van der Waals surface area contributed by atoms with Gasteiger partial charge in [0.05, 0.1) is 10.6 Å². The molecule has 0 saturated carbocycles. The normalized spacial score (nSPS) is 15.6. The van der Waals surface area contributed by atoms with E-state index in [1.807, 2.05) is 4.90 Å². The van der Waals surface area contributed by atoms with E-state index in [2.05, 4.69) is 11.8 Å². The Morgan fingerprint density at radius 1 is 0.963 bits per heavy atom. The van der Waals surface area contributed by atoms with Crippen LogP contribution in [-0.4, -0.2) is 63.9 Å². The molecule has 6 nitrogen and oxygen atoms in total. The highest BCUT2D eigenvalue weighted by molar-refractivity contribution is 7.92. The Balaban J connectivity index is 1.72. The fraction of sp³-hybridized carbons (Fsp3) is 0.350. The average molecular weight is 388 g/mol. The summed E-state index contributed by atoms with van der Waals surface area (Å²) in [4.78, 5) is 17.1. The molecule has 1 aliphatic rings. The first kappa shape index (κ1) is 19.4. The van der Waals surface area contributed by atoms with E-state index in [1.165, 1.54) is 11.4 Å². The van der Waals surface area contributed by atoms with Crippen molar-refractivity contribution in [3.8, 4) is 0 Å². The lowest BCUT2D eigenvalue weighted by molar-refractivity contribution is 0.0643. The molecule has 1 amide bonds.